The van der Waals surface area contributed by atoms with E-state index >= 15 is 0 Å². The number of hydrogen-bond donors (Lipinski definition) is 2. The molecule has 0 aliphatic carbocycles. The smallest absolute Gasteiger partial charge is 0.408 e. The van der Waals surface area contributed by atoms with Crippen LogP contribution in [0.3, 0.4) is 0 Å². The second-order valence-electron chi connectivity index (χ2n) is 7.06. The average Bonchev–Trinajstić information content (AvgIpc) is 2.95. The van der Waals surface area contributed by atoms with E-state index in [-0.39, 0.29) is 37.3 Å². The molecule has 10 heteroatoms. The minimum atomic E-state index is -0.603. The average molecular weight is 435 g/mol. The second kappa shape index (κ2) is 10.3. The molecular weight excluding hydrogens is 407 g/mol. The van der Waals surface area contributed by atoms with E-state index in [0.29, 0.717) is 55.9 Å². The summed E-state index contributed by atoms with van der Waals surface area (Å²) in [6.45, 7) is 2.58. The van der Waals surface area contributed by atoms with Crippen molar-refractivity contribution < 1.29 is 13.9 Å². The van der Waals surface area contributed by atoms with Gasteiger partial charge in [-0.1, -0.05) is 0 Å². The number of nitrogens with zero attached hydrogens (tertiary/aromatic N) is 2. The van der Waals surface area contributed by atoms with Crippen LogP contribution in [0, 0.1) is 5.41 Å². The fraction of sp³-hybridized carbons (Fsp3) is 0.556. The number of fused-ring (bicyclic) bond motifs is 1. The number of hydrogen-bond acceptors (Lipinski definition) is 6. The Hall–Kier alpha value is -1.58. The van der Waals surface area contributed by atoms with Crippen LogP contribution < -0.4 is 16.8 Å². The Morgan fingerprint density at radius 3 is 2.57 bits per heavy atom. The molecule has 2 aromatic rings. The van der Waals surface area contributed by atoms with Crippen molar-refractivity contribution in [1.29, 1.82) is 0 Å². The van der Waals surface area contributed by atoms with Crippen LogP contribution >= 0.6 is 24.8 Å². The van der Waals surface area contributed by atoms with E-state index in [9.17, 15) is 9.59 Å². The predicted octanol–water partition coefficient (Wildman–Crippen LogP) is 1.69. The molecule has 0 radical (unpaired) electrons. The highest BCUT2D eigenvalue weighted by atomic mass is 35.5. The van der Waals surface area contributed by atoms with Gasteiger partial charge in [-0.2, -0.15) is 0 Å². The number of anilines is 1. The van der Waals surface area contributed by atoms with Crippen LogP contribution in [0.25, 0.3) is 11.1 Å². The molecule has 158 valence electrons. The van der Waals surface area contributed by atoms with E-state index in [2.05, 4.69) is 5.32 Å². The van der Waals surface area contributed by atoms with Gasteiger partial charge < -0.3 is 25.1 Å². The summed E-state index contributed by atoms with van der Waals surface area (Å²) in [5, 5.41) is 2.95. The van der Waals surface area contributed by atoms with Crippen molar-refractivity contribution in [3.63, 3.8) is 0 Å². The SMILES string of the molecule is CN(C)CCn1c(=O)oc2ccc(NC(=O)C3(CN)CCOCC3)cc21.Cl.Cl. The number of halogens is 2. The van der Waals surface area contributed by atoms with Crippen LogP contribution in [-0.2, 0) is 16.1 Å². The number of nitrogens with two attached hydrogens (primary N) is 1. The predicted molar refractivity (Wildman–Crippen MR) is 114 cm³/mol. The van der Waals surface area contributed by atoms with Gasteiger partial charge in [0.25, 0.3) is 0 Å². The number of carbonyl (C=O) groups excluding carboxylic acids is 1. The van der Waals surface area contributed by atoms with Gasteiger partial charge in [-0.25, -0.2) is 4.79 Å². The Balaban J connectivity index is 0.00000196. The zero-order chi connectivity index (χ0) is 18.7. The molecule has 1 aromatic heterocycles. The van der Waals surface area contributed by atoms with E-state index in [1.54, 1.807) is 22.8 Å². The second-order valence-corrected chi connectivity index (χ2v) is 7.06. The van der Waals surface area contributed by atoms with Crippen LogP contribution in [0.2, 0.25) is 0 Å². The first-order valence-corrected chi connectivity index (χ1v) is 8.82. The Morgan fingerprint density at radius 2 is 1.96 bits per heavy atom. The molecule has 0 atom stereocenters. The van der Waals surface area contributed by atoms with Gasteiger partial charge in [0, 0.05) is 38.5 Å². The number of aromatic nitrogens is 1. The molecule has 1 amide bonds. The van der Waals surface area contributed by atoms with E-state index in [0.717, 1.165) is 0 Å². The normalized spacial score (nSPS) is 15.7. The van der Waals surface area contributed by atoms with Crippen LogP contribution in [-0.4, -0.2) is 55.8 Å². The first-order valence-electron chi connectivity index (χ1n) is 8.82. The molecule has 3 N–H and O–H groups in total. The minimum Gasteiger partial charge on any atom is -0.408 e. The number of rotatable bonds is 6. The highest BCUT2D eigenvalue weighted by Gasteiger charge is 2.38. The zero-order valence-corrected chi connectivity index (χ0v) is 17.7. The van der Waals surface area contributed by atoms with Crippen molar-refractivity contribution in [2.24, 2.45) is 11.1 Å². The van der Waals surface area contributed by atoms with Crippen molar-refractivity contribution in [3.05, 3.63) is 28.7 Å². The lowest BCUT2D eigenvalue weighted by atomic mass is 9.79. The molecule has 0 spiro atoms. The summed E-state index contributed by atoms with van der Waals surface area (Å²) in [7, 11) is 3.89. The van der Waals surface area contributed by atoms with E-state index < -0.39 is 11.2 Å². The van der Waals surface area contributed by atoms with Crippen molar-refractivity contribution >= 4 is 47.5 Å². The van der Waals surface area contributed by atoms with Crippen LogP contribution in [0.1, 0.15) is 12.8 Å². The quantitative estimate of drug-likeness (QED) is 0.716. The summed E-state index contributed by atoms with van der Waals surface area (Å²) in [5.41, 5.74) is 7.10. The van der Waals surface area contributed by atoms with Crippen molar-refractivity contribution in [2.45, 2.75) is 19.4 Å². The number of carbonyl (C=O) groups is 1. The maximum absolute atomic E-state index is 12.8. The molecular formula is C18H28Cl2N4O4. The summed E-state index contributed by atoms with van der Waals surface area (Å²) in [5.74, 6) is -0.499. The van der Waals surface area contributed by atoms with E-state index in [1.807, 2.05) is 19.0 Å². The summed E-state index contributed by atoms with van der Waals surface area (Å²) in [6.07, 6.45) is 1.22. The summed E-state index contributed by atoms with van der Waals surface area (Å²) in [6, 6.07) is 5.22. The third-order valence-electron chi connectivity index (χ3n) is 5.02. The van der Waals surface area contributed by atoms with Crippen LogP contribution in [0.4, 0.5) is 5.69 Å². The van der Waals surface area contributed by atoms with Gasteiger partial charge in [0.15, 0.2) is 5.58 Å². The van der Waals surface area contributed by atoms with Crippen molar-refractivity contribution in [3.8, 4) is 0 Å². The molecule has 1 aliphatic rings. The Kier molecular flexibility index (Phi) is 8.97. The first kappa shape index (κ1) is 24.5. The van der Waals surface area contributed by atoms with Gasteiger partial charge in [-0.05, 0) is 45.1 Å². The maximum Gasteiger partial charge on any atom is 0.419 e. The van der Waals surface area contributed by atoms with Crippen LogP contribution in [0.5, 0.6) is 0 Å². The van der Waals surface area contributed by atoms with Crippen molar-refractivity contribution in [2.75, 3.05) is 45.7 Å². The van der Waals surface area contributed by atoms with Gasteiger partial charge in [0.05, 0.1) is 10.9 Å². The largest absolute Gasteiger partial charge is 0.419 e. The van der Waals surface area contributed by atoms with Gasteiger partial charge in [0.2, 0.25) is 5.91 Å². The first-order chi connectivity index (χ1) is 12.4. The third kappa shape index (κ3) is 5.07. The molecule has 0 saturated carbocycles. The summed E-state index contributed by atoms with van der Waals surface area (Å²) >= 11 is 0. The Morgan fingerprint density at radius 1 is 1.29 bits per heavy atom. The van der Waals surface area contributed by atoms with Crippen molar-refractivity contribution in [1.82, 2.24) is 9.47 Å². The lowest BCUT2D eigenvalue weighted by molar-refractivity contribution is -0.130. The Labute approximate surface area is 176 Å². The van der Waals surface area contributed by atoms with Gasteiger partial charge in [-0.15, -0.1) is 24.8 Å². The monoisotopic (exact) mass is 434 g/mol. The molecule has 3 rings (SSSR count). The third-order valence-corrected chi connectivity index (χ3v) is 5.02. The number of oxazole rings is 1. The highest BCUT2D eigenvalue weighted by Crippen LogP contribution is 2.31. The van der Waals surface area contributed by atoms with Gasteiger partial charge >= 0.3 is 5.76 Å². The molecule has 1 aliphatic heterocycles. The molecule has 1 saturated heterocycles. The number of likely N-dealkylation sites (N-methyl/N-ethyl adjacent to an activating group) is 1. The van der Waals surface area contributed by atoms with Gasteiger partial charge in [0.1, 0.15) is 0 Å². The lowest BCUT2D eigenvalue weighted by Crippen LogP contribution is -2.46. The molecule has 1 fully saturated rings. The fourth-order valence-electron chi connectivity index (χ4n) is 3.20. The fourth-order valence-corrected chi connectivity index (χ4v) is 3.20. The molecule has 28 heavy (non-hydrogen) atoms. The molecule has 0 bridgehead atoms. The minimum absolute atomic E-state index is 0. The summed E-state index contributed by atoms with van der Waals surface area (Å²) < 4.78 is 12.2. The zero-order valence-electron chi connectivity index (χ0n) is 16.1. The van der Waals surface area contributed by atoms with E-state index in [1.165, 1.54) is 0 Å². The number of ether oxygens (including phenoxy) is 1. The molecule has 8 nitrogen and oxygen atoms in total. The number of benzene rings is 1. The van der Waals surface area contributed by atoms with E-state index in [4.69, 9.17) is 14.9 Å². The summed E-state index contributed by atoms with van der Waals surface area (Å²) in [4.78, 5) is 26.9. The molecule has 0 unspecified atom stereocenters. The Bertz CT molecular complexity index is 844. The molecule has 1 aromatic carbocycles. The van der Waals surface area contributed by atoms with Gasteiger partial charge in [-0.3, -0.25) is 9.36 Å². The van der Waals surface area contributed by atoms with Crippen LogP contribution in [0.15, 0.2) is 27.4 Å². The lowest BCUT2D eigenvalue weighted by Gasteiger charge is -2.34. The molecule has 2 heterocycles. The standard InChI is InChI=1S/C18H26N4O4.2ClH/c1-21(2)7-8-22-14-11-13(3-4-15(14)26-17(22)24)20-16(23)18(12-19)5-9-25-10-6-18;;/h3-4,11H,5-10,12,19H2,1-2H3,(H,20,23);2*1H. The number of amides is 1. The maximum atomic E-state index is 12.8. The highest BCUT2D eigenvalue weighted by molar-refractivity contribution is 5.97. The number of nitrogens with one attached hydrogen (secondary N) is 1. The topological polar surface area (TPSA) is 103 Å².